The molecule has 0 bridgehead atoms. The predicted octanol–water partition coefficient (Wildman–Crippen LogP) is 2.38. The van der Waals surface area contributed by atoms with Gasteiger partial charge in [-0.1, -0.05) is 13.0 Å². The van der Waals surface area contributed by atoms with Crippen LogP contribution in [0.25, 0.3) is 5.65 Å². The number of aryl methyl sites for hydroxylation is 1. The smallest absolute Gasteiger partial charge is 0.354 e. The van der Waals surface area contributed by atoms with Gasteiger partial charge in [0.2, 0.25) is 5.82 Å². The van der Waals surface area contributed by atoms with Crippen molar-refractivity contribution in [2.75, 3.05) is 36.0 Å². The van der Waals surface area contributed by atoms with E-state index in [1.165, 1.54) is 12.5 Å². The van der Waals surface area contributed by atoms with Crippen LogP contribution in [0.2, 0.25) is 0 Å². The number of nitrogens with one attached hydrogen (secondary N) is 1. The number of carboxylic acids is 1. The molecule has 182 valence electrons. The Labute approximate surface area is 203 Å². The first-order valence-electron chi connectivity index (χ1n) is 12.2. The van der Waals surface area contributed by atoms with Crippen molar-refractivity contribution in [2.45, 2.75) is 39.2 Å². The van der Waals surface area contributed by atoms with Crippen LogP contribution in [0.1, 0.15) is 52.9 Å². The standard InChI is InChI=1S/C25H29N7O3/c1-15-7-9-30(11-15)17-10-16(2)22-28-21(29-32(22)12-17)23(33)27-19-6-8-25(19)13-31(14-25)20-5-3-4-18(26-20)24(34)35/h3-5,10,12,15,19H,6-9,11,13-14H2,1-2H3,(H,27,33)(H,34,35). The third-order valence-corrected chi connectivity index (χ3v) is 7.86. The van der Waals surface area contributed by atoms with Crippen molar-refractivity contribution in [3.05, 3.63) is 47.5 Å². The number of hydrogen-bond donors (Lipinski definition) is 2. The quantitative estimate of drug-likeness (QED) is 0.578. The second-order valence-corrected chi connectivity index (χ2v) is 10.4. The zero-order valence-electron chi connectivity index (χ0n) is 19.9. The van der Waals surface area contributed by atoms with Crippen molar-refractivity contribution in [3.63, 3.8) is 0 Å². The molecule has 1 aliphatic carbocycles. The number of pyridine rings is 2. The molecule has 0 aromatic carbocycles. The fraction of sp³-hybridized carbons (Fsp3) is 0.480. The van der Waals surface area contributed by atoms with Gasteiger partial charge in [0, 0.05) is 37.6 Å². The number of carboxylic acid groups (broad SMARTS) is 1. The highest BCUT2D eigenvalue weighted by molar-refractivity contribution is 5.91. The van der Waals surface area contributed by atoms with Crippen LogP contribution in [0.5, 0.6) is 0 Å². The normalized spacial score (nSPS) is 22.8. The van der Waals surface area contributed by atoms with E-state index >= 15 is 0 Å². The first-order chi connectivity index (χ1) is 16.8. The van der Waals surface area contributed by atoms with Crippen LogP contribution in [-0.2, 0) is 0 Å². The summed E-state index contributed by atoms with van der Waals surface area (Å²) < 4.78 is 1.73. The first-order valence-corrected chi connectivity index (χ1v) is 12.2. The fourth-order valence-electron chi connectivity index (χ4n) is 5.69. The molecule has 0 radical (unpaired) electrons. The minimum absolute atomic E-state index is 0.00867. The lowest BCUT2D eigenvalue weighted by atomic mass is 9.59. The van der Waals surface area contributed by atoms with E-state index in [-0.39, 0.29) is 28.9 Å². The van der Waals surface area contributed by atoms with Crippen LogP contribution in [0.4, 0.5) is 11.5 Å². The Hall–Kier alpha value is -3.69. The first kappa shape index (κ1) is 21.8. The molecule has 35 heavy (non-hydrogen) atoms. The second kappa shape index (κ2) is 7.93. The summed E-state index contributed by atoms with van der Waals surface area (Å²) in [5.41, 5.74) is 2.85. The van der Waals surface area contributed by atoms with Gasteiger partial charge in [-0.2, -0.15) is 0 Å². The van der Waals surface area contributed by atoms with Gasteiger partial charge in [-0.05, 0) is 55.9 Å². The largest absolute Gasteiger partial charge is 0.477 e. The van der Waals surface area contributed by atoms with Crippen molar-refractivity contribution in [1.29, 1.82) is 0 Å². The molecular weight excluding hydrogens is 446 g/mol. The molecule has 10 nitrogen and oxygen atoms in total. The van der Waals surface area contributed by atoms with Crippen LogP contribution in [0.3, 0.4) is 0 Å². The molecule has 1 amide bonds. The summed E-state index contributed by atoms with van der Waals surface area (Å²) in [5.74, 6) is 0.241. The Balaban J connectivity index is 1.14. The van der Waals surface area contributed by atoms with Gasteiger partial charge in [-0.25, -0.2) is 19.3 Å². The lowest BCUT2D eigenvalue weighted by Crippen LogP contribution is -2.71. The Morgan fingerprint density at radius 3 is 2.69 bits per heavy atom. The molecule has 2 saturated heterocycles. The zero-order chi connectivity index (χ0) is 24.3. The summed E-state index contributed by atoms with van der Waals surface area (Å²) in [4.78, 5) is 37.5. The molecule has 2 atom stereocenters. The molecule has 1 spiro atoms. The van der Waals surface area contributed by atoms with Crippen LogP contribution in [0.15, 0.2) is 30.5 Å². The van der Waals surface area contributed by atoms with Gasteiger partial charge < -0.3 is 20.2 Å². The number of aromatic carboxylic acids is 1. The fourth-order valence-corrected chi connectivity index (χ4v) is 5.69. The van der Waals surface area contributed by atoms with Crippen molar-refractivity contribution < 1.29 is 14.7 Å². The molecule has 3 aromatic rings. The number of rotatable bonds is 5. The number of anilines is 2. The SMILES string of the molecule is Cc1cc(N2CCC(C)C2)cn2nc(C(=O)NC3CCC34CN(c3cccc(C(=O)O)n3)C4)nc12. The summed E-state index contributed by atoms with van der Waals surface area (Å²) in [6.45, 7) is 7.81. The average Bonchev–Trinajstić information content (AvgIpc) is 3.42. The van der Waals surface area contributed by atoms with Crippen molar-refractivity contribution in [1.82, 2.24) is 24.9 Å². The lowest BCUT2D eigenvalue weighted by Gasteiger charge is -2.60. The van der Waals surface area contributed by atoms with Crippen molar-refractivity contribution in [3.8, 4) is 0 Å². The van der Waals surface area contributed by atoms with Crippen LogP contribution in [0, 0.1) is 18.3 Å². The number of carbonyl (C=O) groups is 2. The summed E-state index contributed by atoms with van der Waals surface area (Å²) in [7, 11) is 0. The van der Waals surface area contributed by atoms with Gasteiger partial charge in [0.05, 0.1) is 11.9 Å². The summed E-state index contributed by atoms with van der Waals surface area (Å²) >= 11 is 0. The number of aromatic nitrogens is 4. The number of hydrogen-bond acceptors (Lipinski definition) is 7. The molecule has 2 unspecified atom stereocenters. The Bertz CT molecular complexity index is 1330. The van der Waals surface area contributed by atoms with E-state index in [1.807, 2.05) is 19.2 Å². The van der Waals surface area contributed by atoms with Gasteiger partial charge in [0.1, 0.15) is 5.82 Å². The minimum atomic E-state index is -1.03. The third-order valence-electron chi connectivity index (χ3n) is 7.86. The molecule has 3 aromatic heterocycles. The van der Waals surface area contributed by atoms with E-state index in [1.54, 1.807) is 10.6 Å². The average molecular weight is 476 g/mol. The third kappa shape index (κ3) is 3.67. The second-order valence-electron chi connectivity index (χ2n) is 10.4. The Morgan fingerprint density at radius 2 is 2.00 bits per heavy atom. The summed E-state index contributed by atoms with van der Waals surface area (Å²) in [5, 5.41) is 16.9. The molecule has 2 N–H and O–H groups in total. The van der Waals surface area contributed by atoms with Crippen LogP contribution < -0.4 is 15.1 Å². The minimum Gasteiger partial charge on any atom is -0.477 e. The number of amides is 1. The van der Waals surface area contributed by atoms with E-state index in [0.29, 0.717) is 17.4 Å². The topological polar surface area (TPSA) is 116 Å². The highest BCUT2D eigenvalue weighted by Gasteiger charge is 2.55. The maximum atomic E-state index is 13.1. The van der Waals surface area contributed by atoms with E-state index in [0.717, 1.165) is 50.3 Å². The molecule has 6 rings (SSSR count). The van der Waals surface area contributed by atoms with Crippen LogP contribution >= 0.6 is 0 Å². The lowest BCUT2D eigenvalue weighted by molar-refractivity contribution is 0.0292. The number of carbonyl (C=O) groups excluding carboxylic acids is 1. The molecule has 3 fully saturated rings. The van der Waals surface area contributed by atoms with Gasteiger partial charge in [0.25, 0.3) is 5.91 Å². The molecule has 10 heteroatoms. The molecule has 2 aliphatic heterocycles. The van der Waals surface area contributed by atoms with Gasteiger partial charge in [0.15, 0.2) is 11.3 Å². The molecular formula is C25H29N7O3. The van der Waals surface area contributed by atoms with E-state index in [2.05, 4.69) is 43.2 Å². The zero-order valence-corrected chi connectivity index (χ0v) is 19.9. The maximum Gasteiger partial charge on any atom is 0.354 e. The van der Waals surface area contributed by atoms with E-state index < -0.39 is 5.97 Å². The molecule has 1 saturated carbocycles. The summed E-state index contributed by atoms with van der Waals surface area (Å²) in [6, 6.07) is 7.20. The van der Waals surface area contributed by atoms with Gasteiger partial charge >= 0.3 is 5.97 Å². The summed E-state index contributed by atoms with van der Waals surface area (Å²) in [6.07, 6.45) is 5.08. The van der Waals surface area contributed by atoms with E-state index in [9.17, 15) is 14.7 Å². The number of nitrogens with zero attached hydrogens (tertiary/aromatic N) is 6. The highest BCUT2D eigenvalue weighted by atomic mass is 16.4. The Kier molecular flexibility index (Phi) is 4.94. The molecule has 3 aliphatic rings. The maximum absolute atomic E-state index is 13.1. The Morgan fingerprint density at radius 1 is 1.17 bits per heavy atom. The highest BCUT2D eigenvalue weighted by Crippen LogP contribution is 2.49. The van der Waals surface area contributed by atoms with Gasteiger partial charge in [-0.3, -0.25) is 4.79 Å². The van der Waals surface area contributed by atoms with Crippen molar-refractivity contribution in [2.24, 2.45) is 11.3 Å². The van der Waals surface area contributed by atoms with Gasteiger partial charge in [-0.15, -0.1) is 5.10 Å². The van der Waals surface area contributed by atoms with E-state index in [4.69, 9.17) is 0 Å². The van der Waals surface area contributed by atoms with Crippen LogP contribution in [-0.4, -0.2) is 68.8 Å². The number of fused-ring (bicyclic) bond motifs is 1. The predicted molar refractivity (Wildman–Crippen MR) is 130 cm³/mol. The van der Waals surface area contributed by atoms with Crippen molar-refractivity contribution >= 4 is 29.0 Å². The monoisotopic (exact) mass is 475 g/mol. The molecule has 5 heterocycles.